The Balaban J connectivity index is 2.59. The summed E-state index contributed by atoms with van der Waals surface area (Å²) in [5.74, 6) is 0.447. The van der Waals surface area contributed by atoms with Crippen LogP contribution in [-0.4, -0.2) is 32.2 Å². The van der Waals surface area contributed by atoms with Crippen LogP contribution < -0.4 is 0 Å². The van der Waals surface area contributed by atoms with Gasteiger partial charge in [0.05, 0.1) is 11.1 Å². The van der Waals surface area contributed by atoms with Gasteiger partial charge in [-0.15, -0.1) is 0 Å². The van der Waals surface area contributed by atoms with Crippen LogP contribution in [0, 0.1) is 0 Å². The SMILES string of the molecule is CC(=O)SCCC(O)C(O)c1cnc(Cl)c(Cl)c1. The van der Waals surface area contributed by atoms with E-state index in [4.69, 9.17) is 23.2 Å². The van der Waals surface area contributed by atoms with Crippen LogP contribution in [0.3, 0.4) is 0 Å². The van der Waals surface area contributed by atoms with Gasteiger partial charge in [0.2, 0.25) is 0 Å². The highest BCUT2D eigenvalue weighted by Gasteiger charge is 2.19. The molecule has 0 aromatic carbocycles. The molecule has 0 bridgehead atoms. The number of thioether (sulfide) groups is 1. The average Bonchev–Trinajstić information content (AvgIpc) is 2.31. The minimum atomic E-state index is -1.10. The summed E-state index contributed by atoms with van der Waals surface area (Å²) >= 11 is 12.5. The Morgan fingerprint density at radius 2 is 2.17 bits per heavy atom. The Bertz CT molecular complexity index is 431. The number of hydrogen-bond acceptors (Lipinski definition) is 5. The molecule has 7 heteroatoms. The lowest BCUT2D eigenvalue weighted by Gasteiger charge is -2.17. The fourth-order valence-corrected chi connectivity index (χ4v) is 2.23. The van der Waals surface area contributed by atoms with Crippen molar-refractivity contribution in [3.8, 4) is 0 Å². The summed E-state index contributed by atoms with van der Waals surface area (Å²) in [6.45, 7) is 1.45. The van der Waals surface area contributed by atoms with E-state index in [1.54, 1.807) is 0 Å². The molecule has 2 atom stereocenters. The number of pyridine rings is 1. The Morgan fingerprint density at radius 3 is 2.72 bits per heavy atom. The third kappa shape index (κ3) is 4.74. The second kappa shape index (κ2) is 7.31. The van der Waals surface area contributed by atoms with Crippen molar-refractivity contribution in [2.45, 2.75) is 25.6 Å². The van der Waals surface area contributed by atoms with Crippen LogP contribution in [-0.2, 0) is 4.79 Å². The molecule has 0 saturated carbocycles. The number of aliphatic hydroxyl groups excluding tert-OH is 2. The lowest BCUT2D eigenvalue weighted by molar-refractivity contribution is -0.109. The molecule has 1 aromatic rings. The predicted molar refractivity (Wildman–Crippen MR) is 73.0 cm³/mol. The fraction of sp³-hybridized carbons (Fsp3) is 0.455. The Morgan fingerprint density at radius 1 is 1.50 bits per heavy atom. The Kier molecular flexibility index (Phi) is 6.38. The van der Waals surface area contributed by atoms with Crippen molar-refractivity contribution < 1.29 is 15.0 Å². The number of aromatic nitrogens is 1. The maximum Gasteiger partial charge on any atom is 0.185 e. The first kappa shape index (κ1) is 15.7. The van der Waals surface area contributed by atoms with Gasteiger partial charge in [-0.25, -0.2) is 4.98 Å². The van der Waals surface area contributed by atoms with E-state index in [0.29, 0.717) is 17.7 Å². The maximum absolute atomic E-state index is 10.7. The molecule has 0 aliphatic heterocycles. The second-order valence-corrected chi connectivity index (χ2v) is 5.72. The molecule has 2 N–H and O–H groups in total. The van der Waals surface area contributed by atoms with Crippen molar-refractivity contribution in [3.05, 3.63) is 28.0 Å². The summed E-state index contributed by atoms with van der Waals surface area (Å²) in [5.41, 5.74) is 0.393. The first-order valence-electron chi connectivity index (χ1n) is 5.22. The molecular weight excluding hydrogens is 297 g/mol. The van der Waals surface area contributed by atoms with Crippen molar-refractivity contribution >= 4 is 40.1 Å². The first-order chi connectivity index (χ1) is 8.41. The van der Waals surface area contributed by atoms with Gasteiger partial charge in [-0.2, -0.15) is 0 Å². The van der Waals surface area contributed by atoms with Gasteiger partial charge in [0.25, 0.3) is 0 Å². The minimum absolute atomic E-state index is 0.0205. The van der Waals surface area contributed by atoms with Gasteiger partial charge in [-0.3, -0.25) is 4.79 Å². The van der Waals surface area contributed by atoms with E-state index in [0.717, 1.165) is 11.8 Å². The highest BCUT2D eigenvalue weighted by Crippen LogP contribution is 2.26. The second-order valence-electron chi connectivity index (χ2n) is 3.68. The van der Waals surface area contributed by atoms with Gasteiger partial charge >= 0.3 is 0 Å². The third-order valence-corrected chi connectivity index (χ3v) is 3.77. The van der Waals surface area contributed by atoms with Gasteiger partial charge in [0.1, 0.15) is 11.3 Å². The first-order valence-corrected chi connectivity index (χ1v) is 6.96. The van der Waals surface area contributed by atoms with Crippen LogP contribution in [0.1, 0.15) is 25.0 Å². The fourth-order valence-electron chi connectivity index (χ4n) is 1.30. The van der Waals surface area contributed by atoms with E-state index in [9.17, 15) is 15.0 Å². The molecule has 1 rings (SSSR count). The minimum Gasteiger partial charge on any atom is -0.390 e. The lowest BCUT2D eigenvalue weighted by Crippen LogP contribution is -2.19. The number of halogens is 2. The molecule has 0 radical (unpaired) electrons. The summed E-state index contributed by atoms with van der Waals surface area (Å²) in [5, 5.41) is 20.0. The molecule has 0 spiro atoms. The summed E-state index contributed by atoms with van der Waals surface area (Å²) in [4.78, 5) is 14.5. The van der Waals surface area contributed by atoms with Crippen LogP contribution in [0.5, 0.6) is 0 Å². The maximum atomic E-state index is 10.7. The van der Waals surface area contributed by atoms with Crippen molar-refractivity contribution in [1.82, 2.24) is 4.98 Å². The highest BCUT2D eigenvalue weighted by molar-refractivity contribution is 8.13. The molecule has 18 heavy (non-hydrogen) atoms. The molecular formula is C11H13Cl2NO3S. The number of aliphatic hydroxyl groups is 2. The molecule has 4 nitrogen and oxygen atoms in total. The van der Waals surface area contributed by atoms with E-state index >= 15 is 0 Å². The van der Waals surface area contributed by atoms with E-state index in [1.807, 2.05) is 0 Å². The zero-order valence-corrected chi connectivity index (χ0v) is 12.0. The van der Waals surface area contributed by atoms with Crippen LogP contribution in [0.15, 0.2) is 12.3 Å². The van der Waals surface area contributed by atoms with Crippen molar-refractivity contribution in [3.63, 3.8) is 0 Å². The van der Waals surface area contributed by atoms with E-state index in [2.05, 4.69) is 4.98 Å². The molecule has 2 unspecified atom stereocenters. The summed E-state index contributed by atoms with van der Waals surface area (Å²) in [6, 6.07) is 1.46. The standard InChI is InChI=1S/C11H13Cl2NO3S/c1-6(15)18-3-2-9(16)10(17)7-4-8(12)11(13)14-5-7/h4-5,9-10,16-17H,2-3H2,1H3. The quantitative estimate of drug-likeness (QED) is 0.818. The smallest absolute Gasteiger partial charge is 0.185 e. The molecule has 1 aromatic heterocycles. The zero-order chi connectivity index (χ0) is 13.7. The van der Waals surface area contributed by atoms with E-state index in [1.165, 1.54) is 19.2 Å². The van der Waals surface area contributed by atoms with Crippen molar-refractivity contribution in [1.29, 1.82) is 0 Å². The van der Waals surface area contributed by atoms with Crippen LogP contribution >= 0.6 is 35.0 Å². The number of nitrogens with zero attached hydrogens (tertiary/aromatic N) is 1. The van der Waals surface area contributed by atoms with Gasteiger partial charge < -0.3 is 10.2 Å². The zero-order valence-electron chi connectivity index (χ0n) is 9.64. The normalized spacial score (nSPS) is 14.3. The highest BCUT2D eigenvalue weighted by atomic mass is 35.5. The summed E-state index contributed by atoms with van der Waals surface area (Å²) < 4.78 is 0. The van der Waals surface area contributed by atoms with Gasteiger partial charge in [0.15, 0.2) is 5.12 Å². The van der Waals surface area contributed by atoms with Crippen LogP contribution in [0.4, 0.5) is 0 Å². The summed E-state index contributed by atoms with van der Waals surface area (Å²) in [7, 11) is 0. The lowest BCUT2D eigenvalue weighted by atomic mass is 10.0. The molecule has 1 heterocycles. The van der Waals surface area contributed by atoms with E-state index in [-0.39, 0.29) is 15.3 Å². The monoisotopic (exact) mass is 309 g/mol. The Labute approximate surface area is 119 Å². The van der Waals surface area contributed by atoms with Crippen molar-refractivity contribution in [2.75, 3.05) is 5.75 Å². The molecule has 0 aliphatic rings. The van der Waals surface area contributed by atoms with E-state index < -0.39 is 12.2 Å². The number of carbonyl (C=O) groups is 1. The van der Waals surface area contributed by atoms with Gasteiger partial charge in [-0.1, -0.05) is 35.0 Å². The third-order valence-electron chi connectivity index (χ3n) is 2.24. The number of carbonyl (C=O) groups excluding carboxylic acids is 1. The molecule has 0 aliphatic carbocycles. The largest absolute Gasteiger partial charge is 0.390 e. The summed E-state index contributed by atoms with van der Waals surface area (Å²) in [6.07, 6.45) is -0.415. The number of rotatable bonds is 5. The molecule has 0 amide bonds. The molecule has 100 valence electrons. The average molecular weight is 310 g/mol. The molecule has 0 fully saturated rings. The van der Waals surface area contributed by atoms with Crippen molar-refractivity contribution in [2.24, 2.45) is 0 Å². The Hall–Kier alpha value is -0.330. The van der Waals surface area contributed by atoms with Gasteiger partial charge in [0, 0.05) is 24.4 Å². The topological polar surface area (TPSA) is 70.4 Å². The van der Waals surface area contributed by atoms with Gasteiger partial charge in [-0.05, 0) is 12.5 Å². The van der Waals surface area contributed by atoms with Crippen LogP contribution in [0.25, 0.3) is 0 Å². The predicted octanol–water partition coefficient (Wildman–Crippen LogP) is 2.45. The molecule has 0 saturated heterocycles. The van der Waals surface area contributed by atoms with Crippen LogP contribution in [0.2, 0.25) is 10.2 Å². The number of hydrogen-bond donors (Lipinski definition) is 2.